The van der Waals surface area contributed by atoms with Gasteiger partial charge in [0.05, 0.1) is 6.42 Å². The molecule has 100 valence electrons. The van der Waals surface area contributed by atoms with E-state index in [9.17, 15) is 4.79 Å². The summed E-state index contributed by atoms with van der Waals surface area (Å²) in [5.74, 6) is 0.557. The van der Waals surface area contributed by atoms with Crippen LogP contribution in [0, 0.1) is 5.92 Å². The summed E-state index contributed by atoms with van der Waals surface area (Å²) in [5, 5.41) is 0. The summed E-state index contributed by atoms with van der Waals surface area (Å²) in [6.45, 7) is 5.66. The molecule has 17 heavy (non-hydrogen) atoms. The van der Waals surface area contributed by atoms with Crippen molar-refractivity contribution in [3.05, 3.63) is 0 Å². The molecule has 1 aliphatic rings. The van der Waals surface area contributed by atoms with E-state index in [0.29, 0.717) is 6.42 Å². The van der Waals surface area contributed by atoms with Crippen LogP contribution in [0.25, 0.3) is 0 Å². The van der Waals surface area contributed by atoms with Crippen molar-refractivity contribution in [2.45, 2.75) is 77.4 Å². The van der Waals surface area contributed by atoms with Crippen LogP contribution in [0.2, 0.25) is 0 Å². The Morgan fingerprint density at radius 2 is 1.88 bits per heavy atom. The molecule has 1 fully saturated rings. The number of hydrogen-bond acceptors (Lipinski definition) is 3. The Labute approximate surface area is 105 Å². The van der Waals surface area contributed by atoms with Crippen molar-refractivity contribution in [2.24, 2.45) is 11.7 Å². The summed E-state index contributed by atoms with van der Waals surface area (Å²) in [4.78, 5) is 11.6. The van der Waals surface area contributed by atoms with E-state index < -0.39 is 5.60 Å². The van der Waals surface area contributed by atoms with E-state index in [1.165, 1.54) is 32.1 Å². The first-order valence-corrected chi connectivity index (χ1v) is 6.84. The summed E-state index contributed by atoms with van der Waals surface area (Å²) >= 11 is 0. The molecule has 0 amide bonds. The van der Waals surface area contributed by atoms with Gasteiger partial charge in [-0.05, 0) is 33.1 Å². The van der Waals surface area contributed by atoms with Crippen molar-refractivity contribution in [3.63, 3.8) is 0 Å². The van der Waals surface area contributed by atoms with Crippen molar-refractivity contribution in [3.8, 4) is 0 Å². The molecular formula is C14H27NO2. The highest BCUT2D eigenvalue weighted by atomic mass is 16.6. The number of ether oxygens (including phenoxy) is 1. The molecule has 1 atom stereocenters. The van der Waals surface area contributed by atoms with E-state index in [0.717, 1.165) is 12.3 Å². The highest BCUT2D eigenvalue weighted by Gasteiger charge is 2.21. The summed E-state index contributed by atoms with van der Waals surface area (Å²) < 4.78 is 5.28. The molecule has 2 N–H and O–H groups in total. The number of carbonyl (C=O) groups excluding carboxylic acids is 1. The van der Waals surface area contributed by atoms with Gasteiger partial charge in [-0.3, -0.25) is 4.79 Å². The molecule has 0 radical (unpaired) electrons. The lowest BCUT2D eigenvalue weighted by Gasteiger charge is -2.25. The van der Waals surface area contributed by atoms with Gasteiger partial charge in [0.2, 0.25) is 0 Å². The largest absolute Gasteiger partial charge is 0.460 e. The van der Waals surface area contributed by atoms with Crippen molar-refractivity contribution >= 4 is 5.97 Å². The zero-order valence-corrected chi connectivity index (χ0v) is 11.5. The van der Waals surface area contributed by atoms with Gasteiger partial charge in [0.25, 0.3) is 0 Å². The van der Waals surface area contributed by atoms with Gasteiger partial charge in [0.1, 0.15) is 5.60 Å². The Bertz CT molecular complexity index is 239. The molecule has 0 unspecified atom stereocenters. The van der Waals surface area contributed by atoms with Crippen LogP contribution in [0.5, 0.6) is 0 Å². The van der Waals surface area contributed by atoms with Gasteiger partial charge in [0.15, 0.2) is 0 Å². The van der Waals surface area contributed by atoms with Crippen LogP contribution < -0.4 is 5.73 Å². The zero-order valence-electron chi connectivity index (χ0n) is 11.5. The molecule has 0 bridgehead atoms. The number of rotatable bonds is 4. The predicted molar refractivity (Wildman–Crippen MR) is 69.6 cm³/mol. The maximum atomic E-state index is 11.6. The third-order valence-corrected chi connectivity index (χ3v) is 3.21. The van der Waals surface area contributed by atoms with Crippen LogP contribution >= 0.6 is 0 Å². The molecular weight excluding hydrogens is 214 g/mol. The van der Waals surface area contributed by atoms with E-state index >= 15 is 0 Å². The second-order valence-corrected chi connectivity index (χ2v) is 6.29. The Morgan fingerprint density at radius 1 is 1.29 bits per heavy atom. The van der Waals surface area contributed by atoms with Crippen LogP contribution in [0.4, 0.5) is 0 Å². The third kappa shape index (κ3) is 6.67. The number of hydrogen-bond donors (Lipinski definition) is 1. The van der Waals surface area contributed by atoms with Crippen molar-refractivity contribution in [1.29, 1.82) is 0 Å². The Kier molecular flexibility index (Phi) is 5.44. The molecule has 0 aromatic rings. The SMILES string of the molecule is CC(C)(C)OC(=O)C[C@@H](N)CC1CCCCC1. The van der Waals surface area contributed by atoms with Gasteiger partial charge < -0.3 is 10.5 Å². The minimum absolute atomic E-state index is 0.0343. The molecule has 0 aliphatic heterocycles. The first-order chi connectivity index (χ1) is 7.87. The summed E-state index contributed by atoms with van der Waals surface area (Å²) in [6, 6.07) is -0.0343. The number of nitrogens with two attached hydrogens (primary N) is 1. The van der Waals surface area contributed by atoms with Crippen LogP contribution in [0.3, 0.4) is 0 Å². The van der Waals surface area contributed by atoms with Crippen LogP contribution in [0.1, 0.15) is 65.7 Å². The average molecular weight is 241 g/mol. The normalized spacial score (nSPS) is 20.0. The summed E-state index contributed by atoms with van der Waals surface area (Å²) in [6.07, 6.45) is 7.89. The molecule has 0 saturated heterocycles. The summed E-state index contributed by atoms with van der Waals surface area (Å²) in [5.41, 5.74) is 5.62. The minimum atomic E-state index is -0.401. The lowest BCUT2D eigenvalue weighted by molar-refractivity contribution is -0.155. The first-order valence-electron chi connectivity index (χ1n) is 6.84. The van der Waals surface area contributed by atoms with E-state index in [1.807, 2.05) is 20.8 Å². The maximum absolute atomic E-state index is 11.6. The fraction of sp³-hybridized carbons (Fsp3) is 0.929. The van der Waals surface area contributed by atoms with Crippen molar-refractivity contribution < 1.29 is 9.53 Å². The zero-order chi connectivity index (χ0) is 12.9. The number of carbonyl (C=O) groups is 1. The van der Waals surface area contributed by atoms with Crippen LogP contribution in [0.15, 0.2) is 0 Å². The van der Waals surface area contributed by atoms with Gasteiger partial charge in [-0.2, -0.15) is 0 Å². The molecule has 0 aromatic carbocycles. The molecule has 0 aromatic heterocycles. The minimum Gasteiger partial charge on any atom is -0.460 e. The molecule has 1 aliphatic carbocycles. The van der Waals surface area contributed by atoms with Gasteiger partial charge in [-0.15, -0.1) is 0 Å². The molecule has 3 nitrogen and oxygen atoms in total. The van der Waals surface area contributed by atoms with E-state index in [4.69, 9.17) is 10.5 Å². The standard InChI is InChI=1S/C14H27NO2/c1-14(2,3)17-13(16)10-12(15)9-11-7-5-4-6-8-11/h11-12H,4-10,15H2,1-3H3/t12-/m0/s1. The van der Waals surface area contributed by atoms with Gasteiger partial charge in [-0.1, -0.05) is 32.1 Å². The van der Waals surface area contributed by atoms with E-state index in [1.54, 1.807) is 0 Å². The molecule has 0 heterocycles. The maximum Gasteiger partial charge on any atom is 0.307 e. The topological polar surface area (TPSA) is 52.3 Å². The Balaban J connectivity index is 2.23. The quantitative estimate of drug-likeness (QED) is 0.770. The van der Waals surface area contributed by atoms with Crippen molar-refractivity contribution in [2.75, 3.05) is 0 Å². The molecule has 3 heteroatoms. The predicted octanol–water partition coefficient (Wildman–Crippen LogP) is 3.02. The lowest BCUT2D eigenvalue weighted by atomic mass is 9.84. The second kappa shape index (κ2) is 6.39. The number of esters is 1. The van der Waals surface area contributed by atoms with E-state index in [2.05, 4.69) is 0 Å². The average Bonchev–Trinajstić information content (AvgIpc) is 2.15. The van der Waals surface area contributed by atoms with Crippen molar-refractivity contribution in [1.82, 2.24) is 0 Å². The molecule has 0 spiro atoms. The highest BCUT2D eigenvalue weighted by molar-refractivity contribution is 5.70. The van der Waals surface area contributed by atoms with Crippen LogP contribution in [-0.2, 0) is 9.53 Å². The van der Waals surface area contributed by atoms with Gasteiger partial charge in [0, 0.05) is 6.04 Å². The fourth-order valence-corrected chi connectivity index (χ4v) is 2.53. The fourth-order valence-electron chi connectivity index (χ4n) is 2.53. The third-order valence-electron chi connectivity index (χ3n) is 3.21. The van der Waals surface area contributed by atoms with Crippen LogP contribution in [-0.4, -0.2) is 17.6 Å². The summed E-state index contributed by atoms with van der Waals surface area (Å²) in [7, 11) is 0. The Hall–Kier alpha value is -0.570. The monoisotopic (exact) mass is 241 g/mol. The van der Waals surface area contributed by atoms with Gasteiger partial charge >= 0.3 is 5.97 Å². The first kappa shape index (κ1) is 14.5. The highest BCUT2D eigenvalue weighted by Crippen LogP contribution is 2.27. The molecule has 1 rings (SSSR count). The van der Waals surface area contributed by atoms with Gasteiger partial charge in [-0.25, -0.2) is 0 Å². The lowest BCUT2D eigenvalue weighted by Crippen LogP contribution is -2.31. The Morgan fingerprint density at radius 3 is 2.41 bits per heavy atom. The van der Waals surface area contributed by atoms with E-state index in [-0.39, 0.29) is 12.0 Å². The second-order valence-electron chi connectivity index (χ2n) is 6.29. The smallest absolute Gasteiger partial charge is 0.307 e. The molecule has 1 saturated carbocycles.